The number of benzene rings is 1. The molecule has 7 nitrogen and oxygen atoms in total. The van der Waals surface area contributed by atoms with Crippen molar-refractivity contribution < 1.29 is 0 Å². The van der Waals surface area contributed by atoms with Gasteiger partial charge in [0.2, 0.25) is 5.95 Å². The number of H-pyrrole nitrogens is 1. The summed E-state index contributed by atoms with van der Waals surface area (Å²) in [6.07, 6.45) is 3.94. The average molecular weight is 309 g/mol. The summed E-state index contributed by atoms with van der Waals surface area (Å²) in [5, 5.41) is 3.33. The van der Waals surface area contributed by atoms with Crippen molar-refractivity contribution in [3.63, 3.8) is 0 Å². The van der Waals surface area contributed by atoms with Crippen LogP contribution in [0.3, 0.4) is 0 Å². The summed E-state index contributed by atoms with van der Waals surface area (Å²) in [4.78, 5) is 17.9. The number of aromatic nitrogens is 4. The number of nitrogens with one attached hydrogen (secondary N) is 2. The molecule has 0 saturated carbocycles. The molecule has 0 aliphatic carbocycles. The number of rotatable bonds is 3. The molecule has 0 unspecified atom stereocenters. The molecule has 23 heavy (non-hydrogen) atoms. The van der Waals surface area contributed by atoms with Gasteiger partial charge < -0.3 is 20.9 Å². The average Bonchev–Trinajstić information content (AvgIpc) is 3.01. The smallest absolute Gasteiger partial charge is 0.224 e. The van der Waals surface area contributed by atoms with Crippen molar-refractivity contribution in [2.45, 2.75) is 19.4 Å². The number of aryl methyl sites for hydroxylation is 1. The van der Waals surface area contributed by atoms with Crippen LogP contribution < -0.4 is 16.0 Å². The first kappa shape index (κ1) is 13.8. The standard InChI is InChI=1S/C16H19N7/c1-23-6-2-3-11-7-10(4-5-12(11)23)8-18-14-13-15(20-9-19-13)22-16(17)21-14/h4-5,7,9H,2-3,6,8H2,1H3,(H4,17,18,19,20,21,22). The fourth-order valence-corrected chi connectivity index (χ4v) is 3.11. The number of nitrogens with zero attached hydrogens (tertiary/aromatic N) is 4. The van der Waals surface area contributed by atoms with Crippen molar-refractivity contribution in [1.82, 2.24) is 19.9 Å². The lowest BCUT2D eigenvalue weighted by atomic mass is 9.99. The monoisotopic (exact) mass is 309 g/mol. The van der Waals surface area contributed by atoms with Crippen LogP contribution in [0.15, 0.2) is 24.5 Å². The number of imidazole rings is 1. The zero-order chi connectivity index (χ0) is 15.8. The summed E-state index contributed by atoms with van der Waals surface area (Å²) in [5.41, 5.74) is 11.1. The molecule has 4 N–H and O–H groups in total. The summed E-state index contributed by atoms with van der Waals surface area (Å²) in [7, 11) is 2.15. The highest BCUT2D eigenvalue weighted by atomic mass is 15.1. The third kappa shape index (κ3) is 2.54. The predicted octanol–water partition coefficient (Wildman–Crippen LogP) is 1.93. The largest absolute Gasteiger partial charge is 0.374 e. The maximum Gasteiger partial charge on any atom is 0.224 e. The summed E-state index contributed by atoms with van der Waals surface area (Å²) >= 11 is 0. The minimum atomic E-state index is 0.221. The van der Waals surface area contributed by atoms with E-state index in [2.05, 4.69) is 55.4 Å². The van der Waals surface area contributed by atoms with Crippen LogP contribution in [-0.2, 0) is 13.0 Å². The summed E-state index contributed by atoms with van der Waals surface area (Å²) < 4.78 is 0. The van der Waals surface area contributed by atoms with Gasteiger partial charge in [0.25, 0.3) is 0 Å². The first-order valence-electron chi connectivity index (χ1n) is 7.74. The predicted molar refractivity (Wildman–Crippen MR) is 91.5 cm³/mol. The minimum absolute atomic E-state index is 0.221. The Morgan fingerprint density at radius 2 is 2.26 bits per heavy atom. The molecule has 2 aromatic heterocycles. The van der Waals surface area contributed by atoms with Gasteiger partial charge in [0.15, 0.2) is 11.5 Å². The van der Waals surface area contributed by atoms with E-state index < -0.39 is 0 Å². The SMILES string of the molecule is CN1CCCc2cc(CNc3nc(N)nc4nc[nH]c34)ccc21. The molecule has 0 saturated heterocycles. The van der Waals surface area contributed by atoms with Crippen LogP contribution >= 0.6 is 0 Å². The first-order valence-corrected chi connectivity index (χ1v) is 7.74. The quantitative estimate of drug-likeness (QED) is 0.684. The molecule has 0 spiro atoms. The molecule has 0 atom stereocenters. The van der Waals surface area contributed by atoms with Gasteiger partial charge in [0.05, 0.1) is 6.33 Å². The maximum atomic E-state index is 5.74. The van der Waals surface area contributed by atoms with Gasteiger partial charge in [-0.2, -0.15) is 9.97 Å². The number of fused-ring (bicyclic) bond motifs is 2. The van der Waals surface area contributed by atoms with Crippen LogP contribution in [0.5, 0.6) is 0 Å². The Morgan fingerprint density at radius 3 is 3.17 bits per heavy atom. The summed E-state index contributed by atoms with van der Waals surface area (Å²) in [6.45, 7) is 1.81. The van der Waals surface area contributed by atoms with Crippen molar-refractivity contribution in [1.29, 1.82) is 0 Å². The van der Waals surface area contributed by atoms with E-state index in [4.69, 9.17) is 5.73 Å². The van der Waals surface area contributed by atoms with E-state index in [0.29, 0.717) is 18.0 Å². The lowest BCUT2D eigenvalue weighted by molar-refractivity contribution is 0.743. The number of nitrogen functional groups attached to an aromatic ring is 1. The Labute approximate surface area is 134 Å². The van der Waals surface area contributed by atoms with Crippen molar-refractivity contribution in [3.8, 4) is 0 Å². The second-order valence-electron chi connectivity index (χ2n) is 5.87. The van der Waals surface area contributed by atoms with Crippen LogP contribution in [0.4, 0.5) is 17.5 Å². The van der Waals surface area contributed by atoms with Crippen molar-refractivity contribution in [3.05, 3.63) is 35.7 Å². The Bertz CT molecular complexity index is 855. The molecule has 0 amide bonds. The first-order chi connectivity index (χ1) is 11.2. The van der Waals surface area contributed by atoms with Crippen LogP contribution in [0.1, 0.15) is 17.5 Å². The van der Waals surface area contributed by atoms with Crippen LogP contribution in [0, 0.1) is 0 Å². The highest BCUT2D eigenvalue weighted by Crippen LogP contribution is 2.27. The van der Waals surface area contributed by atoms with E-state index in [-0.39, 0.29) is 5.95 Å². The molecule has 7 heteroatoms. The number of aromatic amines is 1. The molecule has 1 aromatic carbocycles. The Morgan fingerprint density at radius 1 is 1.35 bits per heavy atom. The highest BCUT2D eigenvalue weighted by Gasteiger charge is 2.14. The van der Waals surface area contributed by atoms with Crippen molar-refractivity contribution >= 4 is 28.6 Å². The van der Waals surface area contributed by atoms with Gasteiger partial charge in [-0.3, -0.25) is 0 Å². The lowest BCUT2D eigenvalue weighted by Crippen LogP contribution is -2.24. The summed E-state index contributed by atoms with van der Waals surface area (Å²) in [6, 6.07) is 6.63. The van der Waals surface area contributed by atoms with E-state index in [9.17, 15) is 0 Å². The van der Waals surface area contributed by atoms with Gasteiger partial charge in [-0.05, 0) is 30.0 Å². The van der Waals surface area contributed by atoms with E-state index >= 15 is 0 Å². The lowest BCUT2D eigenvalue weighted by Gasteiger charge is -2.27. The molecule has 0 radical (unpaired) electrons. The van der Waals surface area contributed by atoms with E-state index in [0.717, 1.165) is 18.5 Å². The van der Waals surface area contributed by atoms with Crippen molar-refractivity contribution in [2.75, 3.05) is 29.5 Å². The third-order valence-electron chi connectivity index (χ3n) is 4.26. The molecule has 0 fully saturated rings. The molecule has 3 aromatic rings. The van der Waals surface area contributed by atoms with Crippen LogP contribution in [0.25, 0.3) is 11.2 Å². The van der Waals surface area contributed by atoms with Crippen LogP contribution in [-0.4, -0.2) is 33.5 Å². The molecule has 4 rings (SSSR count). The van der Waals surface area contributed by atoms with Gasteiger partial charge in [-0.1, -0.05) is 12.1 Å². The normalized spacial score (nSPS) is 14.0. The number of hydrogen-bond donors (Lipinski definition) is 3. The summed E-state index contributed by atoms with van der Waals surface area (Å²) in [5.74, 6) is 0.902. The van der Waals surface area contributed by atoms with E-state index in [1.165, 1.54) is 23.2 Å². The van der Waals surface area contributed by atoms with Gasteiger partial charge in [-0.15, -0.1) is 0 Å². The van der Waals surface area contributed by atoms with Gasteiger partial charge >= 0.3 is 0 Å². The minimum Gasteiger partial charge on any atom is -0.374 e. The number of nitrogens with two attached hydrogens (primary N) is 1. The fraction of sp³-hybridized carbons (Fsp3) is 0.312. The highest BCUT2D eigenvalue weighted by molar-refractivity contribution is 5.83. The molecule has 3 heterocycles. The second-order valence-corrected chi connectivity index (χ2v) is 5.87. The van der Waals surface area contributed by atoms with Crippen molar-refractivity contribution in [2.24, 2.45) is 0 Å². The molecular formula is C16H19N7. The molecule has 118 valence electrons. The van der Waals surface area contributed by atoms with Gasteiger partial charge in [0.1, 0.15) is 5.52 Å². The Hall–Kier alpha value is -2.83. The molecular weight excluding hydrogens is 290 g/mol. The molecule has 0 bridgehead atoms. The van der Waals surface area contributed by atoms with Gasteiger partial charge in [0, 0.05) is 25.8 Å². The Balaban J connectivity index is 1.58. The maximum absolute atomic E-state index is 5.74. The molecule has 1 aliphatic heterocycles. The fourth-order valence-electron chi connectivity index (χ4n) is 3.11. The number of hydrogen-bond acceptors (Lipinski definition) is 6. The van der Waals surface area contributed by atoms with E-state index in [1.54, 1.807) is 6.33 Å². The third-order valence-corrected chi connectivity index (χ3v) is 4.26. The second kappa shape index (κ2) is 5.42. The van der Waals surface area contributed by atoms with Gasteiger partial charge in [-0.25, -0.2) is 4.98 Å². The topological polar surface area (TPSA) is 95.8 Å². The van der Waals surface area contributed by atoms with E-state index in [1.807, 2.05) is 0 Å². The zero-order valence-electron chi connectivity index (χ0n) is 13.0. The Kier molecular flexibility index (Phi) is 3.25. The number of anilines is 3. The van der Waals surface area contributed by atoms with Crippen LogP contribution in [0.2, 0.25) is 0 Å². The molecule has 1 aliphatic rings. The zero-order valence-corrected chi connectivity index (χ0v) is 13.0.